The van der Waals surface area contributed by atoms with Crippen molar-refractivity contribution in [3.63, 3.8) is 0 Å². The van der Waals surface area contributed by atoms with Gasteiger partial charge in [0.25, 0.3) is 0 Å². The van der Waals surface area contributed by atoms with E-state index in [0.717, 1.165) is 10.2 Å². The Balaban J connectivity index is 1.92. The van der Waals surface area contributed by atoms with Gasteiger partial charge in [-0.05, 0) is 24.3 Å². The van der Waals surface area contributed by atoms with E-state index in [4.69, 9.17) is 5.73 Å². The van der Waals surface area contributed by atoms with Crippen LogP contribution in [0.15, 0.2) is 47.5 Å². The Labute approximate surface area is 123 Å². The summed E-state index contributed by atoms with van der Waals surface area (Å²) in [5.41, 5.74) is 6.56. The zero-order valence-corrected chi connectivity index (χ0v) is 11.8. The monoisotopic (exact) mass is 331 g/mol. The standard InChI is InChI=1S/C12H10BrN7/c13-8-1-3-9(4-2-8)16-11-17-10(14)18-12(19-11)20-6-5-15-7-20/h1-7H,(H3,14,16,17,18,19). The van der Waals surface area contributed by atoms with Crippen LogP contribution in [0.5, 0.6) is 0 Å². The minimum absolute atomic E-state index is 0.142. The topological polar surface area (TPSA) is 94.5 Å². The number of nitrogen functional groups attached to an aromatic ring is 1. The molecule has 0 aliphatic carbocycles. The molecular weight excluding hydrogens is 322 g/mol. The summed E-state index contributed by atoms with van der Waals surface area (Å²) in [6.45, 7) is 0. The number of nitrogens with zero attached hydrogens (tertiary/aromatic N) is 5. The van der Waals surface area contributed by atoms with Crippen LogP contribution < -0.4 is 11.1 Å². The average molecular weight is 332 g/mol. The molecule has 0 saturated carbocycles. The summed E-state index contributed by atoms with van der Waals surface area (Å²) in [6.07, 6.45) is 4.97. The fourth-order valence-electron chi connectivity index (χ4n) is 1.59. The van der Waals surface area contributed by atoms with E-state index >= 15 is 0 Å². The Morgan fingerprint density at radius 3 is 2.60 bits per heavy atom. The molecule has 2 aromatic heterocycles. The maximum atomic E-state index is 5.70. The highest BCUT2D eigenvalue weighted by atomic mass is 79.9. The number of halogens is 1. The molecule has 3 aromatic rings. The molecule has 0 unspecified atom stereocenters. The van der Waals surface area contributed by atoms with Gasteiger partial charge in [0.05, 0.1) is 0 Å². The van der Waals surface area contributed by atoms with E-state index in [2.05, 4.69) is 41.2 Å². The summed E-state index contributed by atoms with van der Waals surface area (Å²) in [5.74, 6) is 0.932. The van der Waals surface area contributed by atoms with E-state index in [9.17, 15) is 0 Å². The second kappa shape index (κ2) is 5.25. The zero-order valence-electron chi connectivity index (χ0n) is 10.2. The first kappa shape index (κ1) is 12.5. The largest absolute Gasteiger partial charge is 0.368 e. The maximum absolute atomic E-state index is 5.70. The lowest BCUT2D eigenvalue weighted by molar-refractivity contribution is 0.906. The maximum Gasteiger partial charge on any atom is 0.241 e. The first-order chi connectivity index (χ1) is 9.70. The smallest absolute Gasteiger partial charge is 0.241 e. The van der Waals surface area contributed by atoms with E-state index in [1.54, 1.807) is 23.3 Å². The number of benzene rings is 1. The van der Waals surface area contributed by atoms with Crippen molar-refractivity contribution < 1.29 is 0 Å². The Kier molecular flexibility index (Phi) is 3.30. The van der Waals surface area contributed by atoms with Crippen molar-refractivity contribution in [2.45, 2.75) is 0 Å². The van der Waals surface area contributed by atoms with E-state index in [1.807, 2.05) is 24.3 Å². The molecule has 0 fully saturated rings. The van der Waals surface area contributed by atoms with Crippen LogP contribution in [0, 0.1) is 0 Å². The molecule has 8 heteroatoms. The van der Waals surface area contributed by atoms with Gasteiger partial charge in [0, 0.05) is 22.6 Å². The van der Waals surface area contributed by atoms with Gasteiger partial charge >= 0.3 is 0 Å². The van der Waals surface area contributed by atoms with Crippen LogP contribution in [-0.4, -0.2) is 24.5 Å². The quantitative estimate of drug-likeness (QED) is 0.763. The van der Waals surface area contributed by atoms with Crippen LogP contribution >= 0.6 is 15.9 Å². The number of hydrogen-bond donors (Lipinski definition) is 2. The van der Waals surface area contributed by atoms with Gasteiger partial charge in [-0.25, -0.2) is 4.98 Å². The predicted octanol–water partition coefficient (Wildman–Crippen LogP) is 2.15. The fraction of sp³-hybridized carbons (Fsp3) is 0. The van der Waals surface area contributed by atoms with Crippen LogP contribution in [0.25, 0.3) is 5.95 Å². The van der Waals surface area contributed by atoms with Crippen LogP contribution in [-0.2, 0) is 0 Å². The molecule has 20 heavy (non-hydrogen) atoms. The Morgan fingerprint density at radius 2 is 1.90 bits per heavy atom. The van der Waals surface area contributed by atoms with Gasteiger partial charge in [-0.2, -0.15) is 15.0 Å². The predicted molar refractivity (Wildman–Crippen MR) is 78.8 cm³/mol. The lowest BCUT2D eigenvalue weighted by Crippen LogP contribution is -2.08. The second-order valence-electron chi connectivity index (χ2n) is 3.92. The van der Waals surface area contributed by atoms with Gasteiger partial charge < -0.3 is 11.1 Å². The molecule has 3 rings (SSSR count). The van der Waals surface area contributed by atoms with Gasteiger partial charge in [-0.15, -0.1) is 0 Å². The van der Waals surface area contributed by atoms with Crippen LogP contribution in [0.2, 0.25) is 0 Å². The summed E-state index contributed by atoms with van der Waals surface area (Å²) in [7, 11) is 0. The van der Waals surface area contributed by atoms with Crippen molar-refractivity contribution in [1.82, 2.24) is 24.5 Å². The van der Waals surface area contributed by atoms with Crippen molar-refractivity contribution in [3.05, 3.63) is 47.5 Å². The molecule has 0 aliphatic heterocycles. The highest BCUT2D eigenvalue weighted by Gasteiger charge is 2.06. The summed E-state index contributed by atoms with van der Waals surface area (Å²) in [4.78, 5) is 16.4. The molecule has 0 amide bonds. The SMILES string of the molecule is Nc1nc(Nc2ccc(Br)cc2)nc(-n2ccnc2)n1. The molecule has 2 heterocycles. The molecule has 7 nitrogen and oxygen atoms in total. The van der Waals surface area contributed by atoms with Gasteiger partial charge in [0.2, 0.25) is 17.8 Å². The third-order valence-corrected chi connectivity index (χ3v) is 3.01. The summed E-state index contributed by atoms with van der Waals surface area (Å²) in [6, 6.07) is 7.65. The van der Waals surface area contributed by atoms with Gasteiger partial charge in [-0.3, -0.25) is 4.57 Å². The van der Waals surface area contributed by atoms with E-state index in [0.29, 0.717) is 11.9 Å². The van der Waals surface area contributed by atoms with Crippen LogP contribution in [0.1, 0.15) is 0 Å². The Hall–Kier alpha value is -2.48. The van der Waals surface area contributed by atoms with Crippen molar-refractivity contribution in [2.75, 3.05) is 11.1 Å². The van der Waals surface area contributed by atoms with Crippen molar-refractivity contribution >= 4 is 33.5 Å². The number of nitrogens with two attached hydrogens (primary N) is 1. The highest BCUT2D eigenvalue weighted by molar-refractivity contribution is 9.10. The Morgan fingerprint density at radius 1 is 1.10 bits per heavy atom. The van der Waals surface area contributed by atoms with Crippen molar-refractivity contribution in [1.29, 1.82) is 0 Å². The molecule has 0 bridgehead atoms. The number of anilines is 3. The lowest BCUT2D eigenvalue weighted by Gasteiger charge is -2.07. The molecule has 100 valence electrons. The number of rotatable bonds is 3. The lowest BCUT2D eigenvalue weighted by atomic mass is 10.3. The number of imidazole rings is 1. The average Bonchev–Trinajstić information content (AvgIpc) is 2.95. The first-order valence-corrected chi connectivity index (χ1v) is 6.52. The third kappa shape index (κ3) is 2.75. The molecule has 0 aliphatic rings. The van der Waals surface area contributed by atoms with Crippen molar-refractivity contribution in [2.24, 2.45) is 0 Å². The van der Waals surface area contributed by atoms with Gasteiger partial charge in [0.1, 0.15) is 6.33 Å². The molecule has 3 N–H and O–H groups in total. The molecular formula is C12H10BrN7. The first-order valence-electron chi connectivity index (χ1n) is 5.73. The van der Waals surface area contributed by atoms with E-state index in [-0.39, 0.29) is 5.95 Å². The molecule has 1 aromatic carbocycles. The van der Waals surface area contributed by atoms with E-state index in [1.165, 1.54) is 0 Å². The number of nitrogens with one attached hydrogen (secondary N) is 1. The highest BCUT2D eigenvalue weighted by Crippen LogP contribution is 2.17. The molecule has 0 saturated heterocycles. The minimum Gasteiger partial charge on any atom is -0.368 e. The fourth-order valence-corrected chi connectivity index (χ4v) is 1.86. The summed E-state index contributed by atoms with van der Waals surface area (Å²) >= 11 is 3.38. The van der Waals surface area contributed by atoms with Gasteiger partial charge in [-0.1, -0.05) is 15.9 Å². The summed E-state index contributed by atoms with van der Waals surface area (Å²) < 4.78 is 2.66. The molecule has 0 atom stereocenters. The minimum atomic E-state index is 0.142. The number of aromatic nitrogens is 5. The summed E-state index contributed by atoms with van der Waals surface area (Å²) in [5, 5.41) is 3.08. The molecule has 0 radical (unpaired) electrons. The Bertz CT molecular complexity index is 709. The third-order valence-electron chi connectivity index (χ3n) is 2.48. The number of hydrogen-bond acceptors (Lipinski definition) is 6. The normalized spacial score (nSPS) is 10.4. The van der Waals surface area contributed by atoms with Gasteiger partial charge in [0.15, 0.2) is 0 Å². The van der Waals surface area contributed by atoms with Crippen LogP contribution in [0.3, 0.4) is 0 Å². The zero-order chi connectivity index (χ0) is 13.9. The molecule has 0 spiro atoms. The second-order valence-corrected chi connectivity index (χ2v) is 4.83. The van der Waals surface area contributed by atoms with Crippen molar-refractivity contribution in [3.8, 4) is 5.95 Å². The van der Waals surface area contributed by atoms with E-state index < -0.39 is 0 Å². The van der Waals surface area contributed by atoms with Crippen LogP contribution in [0.4, 0.5) is 17.6 Å².